The summed E-state index contributed by atoms with van der Waals surface area (Å²) in [4.78, 5) is 22.1. The molecule has 3 aromatic carbocycles. The number of amides is 1. The number of benzene rings is 3. The van der Waals surface area contributed by atoms with E-state index >= 15 is 0 Å². The van der Waals surface area contributed by atoms with E-state index in [4.69, 9.17) is 0 Å². The molecular formula is C25H25FN4O. The van der Waals surface area contributed by atoms with Gasteiger partial charge in [0, 0.05) is 23.7 Å². The van der Waals surface area contributed by atoms with Crippen LogP contribution < -0.4 is 5.32 Å². The summed E-state index contributed by atoms with van der Waals surface area (Å²) in [6.07, 6.45) is 0. The van der Waals surface area contributed by atoms with Crippen LogP contribution in [0.1, 0.15) is 6.92 Å². The normalized spacial score (nSPS) is 12.3. The molecule has 1 heterocycles. The first-order chi connectivity index (χ1) is 14.9. The summed E-state index contributed by atoms with van der Waals surface area (Å²) in [6, 6.07) is 20.3. The molecule has 0 spiro atoms. The fourth-order valence-electron chi connectivity index (χ4n) is 3.61. The molecule has 1 amide bonds. The van der Waals surface area contributed by atoms with Gasteiger partial charge in [0.1, 0.15) is 11.6 Å². The second-order valence-corrected chi connectivity index (χ2v) is 8.06. The third kappa shape index (κ3) is 4.81. The van der Waals surface area contributed by atoms with Crippen LogP contribution in [-0.2, 0) is 4.79 Å². The Bertz CT molecular complexity index is 1210. The molecular weight excluding hydrogens is 391 g/mol. The number of nitrogens with one attached hydrogen (secondary N) is 2. The third-order valence-corrected chi connectivity index (χ3v) is 5.15. The van der Waals surface area contributed by atoms with Crippen molar-refractivity contribution in [2.24, 2.45) is 5.92 Å². The molecule has 0 saturated heterocycles. The zero-order valence-corrected chi connectivity index (χ0v) is 17.8. The van der Waals surface area contributed by atoms with E-state index in [0.717, 1.165) is 27.9 Å². The van der Waals surface area contributed by atoms with Crippen molar-refractivity contribution >= 4 is 22.6 Å². The Morgan fingerprint density at radius 2 is 1.77 bits per heavy atom. The van der Waals surface area contributed by atoms with Crippen molar-refractivity contribution < 1.29 is 9.18 Å². The molecule has 4 rings (SSSR count). The van der Waals surface area contributed by atoms with Crippen LogP contribution in [0.3, 0.4) is 0 Å². The van der Waals surface area contributed by atoms with Crippen molar-refractivity contribution in [2.45, 2.75) is 6.92 Å². The Balaban J connectivity index is 1.52. The molecule has 158 valence electrons. The lowest BCUT2D eigenvalue weighted by Crippen LogP contribution is -2.29. The Morgan fingerprint density at radius 1 is 1.03 bits per heavy atom. The standard InChI is InChI=1S/C25H25FN4O/c1-16(15-30(2)3)25(31)27-21-6-4-5-19(13-21)17-7-9-18(10-8-17)24-28-22-12-11-20(26)14-23(22)29-24/h4-14,16H,15H2,1-3H3,(H,27,31)(H,28,29). The van der Waals surface area contributed by atoms with E-state index in [1.807, 2.05) is 74.4 Å². The summed E-state index contributed by atoms with van der Waals surface area (Å²) in [5, 5.41) is 3.00. The third-order valence-electron chi connectivity index (χ3n) is 5.15. The van der Waals surface area contributed by atoms with Crippen molar-refractivity contribution in [1.82, 2.24) is 14.9 Å². The minimum absolute atomic E-state index is 0.00233. The van der Waals surface area contributed by atoms with Crippen molar-refractivity contribution in [3.63, 3.8) is 0 Å². The zero-order valence-electron chi connectivity index (χ0n) is 17.8. The number of hydrogen-bond acceptors (Lipinski definition) is 3. The number of imidazole rings is 1. The number of carbonyl (C=O) groups excluding carboxylic acids is 1. The van der Waals surface area contributed by atoms with Gasteiger partial charge in [0.05, 0.1) is 11.0 Å². The van der Waals surface area contributed by atoms with Crippen LogP contribution in [0.15, 0.2) is 66.7 Å². The largest absolute Gasteiger partial charge is 0.338 e. The average Bonchev–Trinajstić information content (AvgIpc) is 3.17. The second kappa shape index (κ2) is 8.70. The number of nitrogens with zero attached hydrogens (tertiary/aromatic N) is 2. The number of anilines is 1. The number of hydrogen-bond donors (Lipinski definition) is 2. The maximum absolute atomic E-state index is 13.4. The molecule has 1 unspecified atom stereocenters. The first-order valence-corrected chi connectivity index (χ1v) is 10.2. The number of fused-ring (bicyclic) bond motifs is 1. The van der Waals surface area contributed by atoms with Crippen LogP contribution in [-0.4, -0.2) is 41.4 Å². The lowest BCUT2D eigenvalue weighted by molar-refractivity contribution is -0.119. The highest BCUT2D eigenvalue weighted by Crippen LogP contribution is 2.27. The Kier molecular flexibility index (Phi) is 5.82. The van der Waals surface area contributed by atoms with Crippen LogP contribution in [0.4, 0.5) is 10.1 Å². The molecule has 5 nitrogen and oxygen atoms in total. The molecule has 0 bridgehead atoms. The van der Waals surface area contributed by atoms with Crippen molar-refractivity contribution in [3.8, 4) is 22.5 Å². The maximum atomic E-state index is 13.4. The first kappa shape index (κ1) is 20.8. The van der Waals surface area contributed by atoms with Gasteiger partial charge in [-0.25, -0.2) is 9.37 Å². The average molecular weight is 417 g/mol. The van der Waals surface area contributed by atoms with Gasteiger partial charge in [-0.2, -0.15) is 0 Å². The van der Waals surface area contributed by atoms with E-state index in [1.165, 1.54) is 12.1 Å². The molecule has 0 saturated carbocycles. The number of aromatic amines is 1. The highest BCUT2D eigenvalue weighted by Gasteiger charge is 2.14. The van der Waals surface area contributed by atoms with E-state index in [0.29, 0.717) is 17.9 Å². The van der Waals surface area contributed by atoms with E-state index in [9.17, 15) is 9.18 Å². The fourth-order valence-corrected chi connectivity index (χ4v) is 3.61. The highest BCUT2D eigenvalue weighted by molar-refractivity contribution is 5.93. The molecule has 0 aliphatic rings. The Hall–Kier alpha value is -3.51. The first-order valence-electron chi connectivity index (χ1n) is 10.2. The molecule has 31 heavy (non-hydrogen) atoms. The summed E-state index contributed by atoms with van der Waals surface area (Å²) in [5.74, 6) is 0.307. The lowest BCUT2D eigenvalue weighted by atomic mass is 10.0. The second-order valence-electron chi connectivity index (χ2n) is 8.06. The molecule has 2 N–H and O–H groups in total. The summed E-state index contributed by atoms with van der Waals surface area (Å²) in [5.41, 5.74) is 5.14. The van der Waals surface area contributed by atoms with Gasteiger partial charge in [0.25, 0.3) is 0 Å². The smallest absolute Gasteiger partial charge is 0.228 e. The van der Waals surface area contributed by atoms with Crippen LogP contribution in [0, 0.1) is 11.7 Å². The van der Waals surface area contributed by atoms with Crippen molar-refractivity contribution in [2.75, 3.05) is 26.0 Å². The number of rotatable bonds is 6. The molecule has 6 heteroatoms. The van der Waals surface area contributed by atoms with Gasteiger partial charge in [-0.3, -0.25) is 4.79 Å². The van der Waals surface area contributed by atoms with Crippen LogP contribution in [0.25, 0.3) is 33.5 Å². The predicted molar refractivity (Wildman–Crippen MR) is 123 cm³/mol. The van der Waals surface area contributed by atoms with Crippen molar-refractivity contribution in [1.29, 1.82) is 0 Å². The van der Waals surface area contributed by atoms with Crippen LogP contribution >= 0.6 is 0 Å². The molecule has 0 fully saturated rings. The predicted octanol–water partition coefficient (Wildman–Crippen LogP) is 5.17. The Labute approximate surface area is 180 Å². The SMILES string of the molecule is CC(CN(C)C)C(=O)Nc1cccc(-c2ccc(-c3nc4ccc(F)cc4[nH]3)cc2)c1. The van der Waals surface area contributed by atoms with E-state index in [-0.39, 0.29) is 17.6 Å². The van der Waals surface area contributed by atoms with Gasteiger partial charge < -0.3 is 15.2 Å². The van der Waals surface area contributed by atoms with E-state index in [2.05, 4.69) is 15.3 Å². The molecule has 0 aliphatic carbocycles. The van der Waals surface area contributed by atoms with E-state index in [1.54, 1.807) is 6.07 Å². The minimum atomic E-state index is -0.291. The summed E-state index contributed by atoms with van der Waals surface area (Å²) < 4.78 is 13.4. The van der Waals surface area contributed by atoms with Crippen molar-refractivity contribution in [3.05, 3.63) is 72.5 Å². The topological polar surface area (TPSA) is 61.0 Å². The summed E-state index contributed by atoms with van der Waals surface area (Å²) in [7, 11) is 3.91. The van der Waals surface area contributed by atoms with Gasteiger partial charge in [0.15, 0.2) is 0 Å². The molecule has 1 aromatic heterocycles. The molecule has 1 atom stereocenters. The number of aromatic nitrogens is 2. The van der Waals surface area contributed by atoms with E-state index < -0.39 is 0 Å². The van der Waals surface area contributed by atoms with Gasteiger partial charge >= 0.3 is 0 Å². The lowest BCUT2D eigenvalue weighted by Gasteiger charge is -2.17. The Morgan fingerprint density at radius 3 is 2.52 bits per heavy atom. The van der Waals surface area contributed by atoms with Crippen LogP contribution in [0.2, 0.25) is 0 Å². The number of halogens is 1. The molecule has 0 radical (unpaired) electrons. The minimum Gasteiger partial charge on any atom is -0.338 e. The summed E-state index contributed by atoms with van der Waals surface area (Å²) in [6.45, 7) is 2.62. The monoisotopic (exact) mass is 416 g/mol. The molecule has 0 aliphatic heterocycles. The zero-order chi connectivity index (χ0) is 22.0. The van der Waals surface area contributed by atoms with Gasteiger partial charge in [-0.1, -0.05) is 43.3 Å². The van der Waals surface area contributed by atoms with Gasteiger partial charge in [0.2, 0.25) is 5.91 Å². The number of carbonyl (C=O) groups is 1. The highest BCUT2D eigenvalue weighted by atomic mass is 19.1. The quantitative estimate of drug-likeness (QED) is 0.456. The molecule has 4 aromatic rings. The van der Waals surface area contributed by atoms with Gasteiger partial charge in [-0.15, -0.1) is 0 Å². The maximum Gasteiger partial charge on any atom is 0.228 e. The van der Waals surface area contributed by atoms with Gasteiger partial charge in [-0.05, 0) is 55.6 Å². The summed E-state index contributed by atoms with van der Waals surface area (Å²) >= 11 is 0. The van der Waals surface area contributed by atoms with Crippen LogP contribution in [0.5, 0.6) is 0 Å². The fraction of sp³-hybridized carbons (Fsp3) is 0.200. The number of H-pyrrole nitrogens is 1.